The molecule has 2 amide bonds. The molecule has 3 aromatic carbocycles. The second kappa shape index (κ2) is 14.7. The Morgan fingerprint density at radius 3 is 2.32 bits per heavy atom. The third kappa shape index (κ3) is 8.78. The van der Waals surface area contributed by atoms with Crippen molar-refractivity contribution in [2.45, 2.75) is 52.2 Å². The van der Waals surface area contributed by atoms with Gasteiger partial charge in [0.25, 0.3) is 5.91 Å². The molecule has 13 heteroatoms. The molecule has 50 heavy (non-hydrogen) atoms. The highest BCUT2D eigenvalue weighted by atomic mass is 19.2. The van der Waals surface area contributed by atoms with Crippen LogP contribution in [0, 0.1) is 23.4 Å². The highest BCUT2D eigenvalue weighted by molar-refractivity contribution is 6.02. The van der Waals surface area contributed by atoms with Gasteiger partial charge in [0.1, 0.15) is 23.2 Å². The van der Waals surface area contributed by atoms with Crippen LogP contribution in [0.4, 0.5) is 23.7 Å². The van der Waals surface area contributed by atoms with Gasteiger partial charge in [0, 0.05) is 34.7 Å². The average Bonchev–Trinajstić information content (AvgIpc) is 3.46. The Morgan fingerprint density at radius 2 is 1.66 bits per heavy atom. The molecule has 0 saturated heterocycles. The summed E-state index contributed by atoms with van der Waals surface area (Å²) in [6.45, 7) is 7.17. The van der Waals surface area contributed by atoms with Crippen molar-refractivity contribution in [1.29, 1.82) is 0 Å². The van der Waals surface area contributed by atoms with Crippen molar-refractivity contribution in [3.63, 3.8) is 0 Å². The highest BCUT2D eigenvalue weighted by Gasteiger charge is 2.26. The molecule has 2 unspecified atom stereocenters. The summed E-state index contributed by atoms with van der Waals surface area (Å²) >= 11 is 0. The first-order valence-corrected chi connectivity index (χ1v) is 15.6. The average molecular weight is 690 g/mol. The van der Waals surface area contributed by atoms with Crippen LogP contribution < -0.4 is 10.6 Å². The standard InChI is InChI=1S/C37H34F3N3O7/c1-20-5-14-31(22-7-10-24(11-8-22)41-36(47)49-37(2,3)4)50-43-33(20)25-12-6-21(17-27(25)39)18-29(35(45)46)42-34(44)32-16-15-30(48-32)23-9-13-26(38)28(40)19-23/h6-17,19-20,29H,5,18H2,1-4H3,(H,41,47)(H,42,44)(H,45,46). The number of oxime groups is 1. The largest absolute Gasteiger partial charge is 0.480 e. The number of anilines is 1. The molecule has 0 fully saturated rings. The second-order valence-corrected chi connectivity index (χ2v) is 12.7. The van der Waals surface area contributed by atoms with Crippen LogP contribution in [-0.4, -0.2) is 40.4 Å². The van der Waals surface area contributed by atoms with Crippen LogP contribution >= 0.6 is 0 Å². The topological polar surface area (TPSA) is 139 Å². The van der Waals surface area contributed by atoms with Gasteiger partial charge in [-0.1, -0.05) is 18.1 Å². The number of hydrogen-bond acceptors (Lipinski definition) is 7. The van der Waals surface area contributed by atoms with Gasteiger partial charge in [-0.3, -0.25) is 10.1 Å². The molecule has 0 spiro atoms. The lowest BCUT2D eigenvalue weighted by Crippen LogP contribution is -2.42. The van der Waals surface area contributed by atoms with E-state index in [-0.39, 0.29) is 35.0 Å². The van der Waals surface area contributed by atoms with E-state index < -0.39 is 47.1 Å². The van der Waals surface area contributed by atoms with Gasteiger partial charge < -0.3 is 24.4 Å². The maximum atomic E-state index is 15.5. The predicted molar refractivity (Wildman–Crippen MR) is 179 cm³/mol. The predicted octanol–water partition coefficient (Wildman–Crippen LogP) is 7.94. The Hall–Kier alpha value is -5.85. The zero-order valence-corrected chi connectivity index (χ0v) is 27.6. The molecular weight excluding hydrogens is 655 g/mol. The normalized spacial score (nSPS) is 15.1. The fraction of sp³-hybridized carbons (Fsp3) is 0.243. The number of carboxylic acids is 1. The first-order valence-electron chi connectivity index (χ1n) is 15.6. The Labute approximate surface area is 285 Å². The fourth-order valence-corrected chi connectivity index (χ4v) is 5.07. The third-order valence-electron chi connectivity index (χ3n) is 7.57. The fourth-order valence-electron chi connectivity index (χ4n) is 5.07. The number of nitrogens with one attached hydrogen (secondary N) is 2. The van der Waals surface area contributed by atoms with Crippen LogP contribution in [0.3, 0.4) is 0 Å². The van der Waals surface area contributed by atoms with Gasteiger partial charge >= 0.3 is 12.1 Å². The molecule has 2 atom stereocenters. The van der Waals surface area contributed by atoms with Gasteiger partial charge in [-0.15, -0.1) is 0 Å². The molecule has 4 aromatic rings. The van der Waals surface area contributed by atoms with Gasteiger partial charge in [-0.2, -0.15) is 0 Å². The number of carbonyl (C=O) groups excluding carboxylic acids is 2. The lowest BCUT2D eigenvalue weighted by atomic mass is 9.93. The van der Waals surface area contributed by atoms with E-state index in [4.69, 9.17) is 14.0 Å². The monoisotopic (exact) mass is 689 g/mol. The van der Waals surface area contributed by atoms with Crippen molar-refractivity contribution >= 4 is 35.1 Å². The lowest BCUT2D eigenvalue weighted by molar-refractivity contribution is -0.139. The Balaban J connectivity index is 1.24. The smallest absolute Gasteiger partial charge is 0.412 e. The van der Waals surface area contributed by atoms with Crippen LogP contribution in [0.1, 0.15) is 61.4 Å². The summed E-state index contributed by atoms with van der Waals surface area (Å²) in [6.07, 6.45) is 1.48. The van der Waals surface area contributed by atoms with Crippen molar-refractivity contribution in [1.82, 2.24) is 5.32 Å². The summed E-state index contributed by atoms with van der Waals surface area (Å²) < 4.78 is 53.1. The van der Waals surface area contributed by atoms with E-state index >= 15 is 4.39 Å². The molecule has 1 aliphatic heterocycles. The molecule has 0 radical (unpaired) electrons. The number of carboxylic acid groups (broad SMARTS) is 1. The van der Waals surface area contributed by atoms with Crippen LogP contribution in [0.5, 0.6) is 0 Å². The minimum absolute atomic E-state index is 0.0750. The van der Waals surface area contributed by atoms with Crippen LogP contribution in [0.25, 0.3) is 17.1 Å². The molecule has 0 aliphatic carbocycles. The number of amides is 2. The molecule has 260 valence electrons. The molecule has 5 rings (SSSR count). The number of aliphatic carboxylic acids is 1. The molecule has 1 aliphatic rings. The zero-order chi connectivity index (χ0) is 36.2. The van der Waals surface area contributed by atoms with Gasteiger partial charge in [0.05, 0.1) is 5.71 Å². The Bertz CT molecular complexity index is 1980. The first kappa shape index (κ1) is 35.5. The van der Waals surface area contributed by atoms with Crippen LogP contribution in [0.2, 0.25) is 0 Å². The molecule has 0 saturated carbocycles. The summed E-state index contributed by atoms with van der Waals surface area (Å²) in [7, 11) is 0. The minimum atomic E-state index is -1.44. The van der Waals surface area contributed by atoms with Crippen molar-refractivity contribution < 1.29 is 46.7 Å². The van der Waals surface area contributed by atoms with E-state index in [0.717, 1.165) is 12.1 Å². The van der Waals surface area contributed by atoms with Crippen molar-refractivity contribution in [2.24, 2.45) is 11.1 Å². The molecule has 10 nitrogen and oxygen atoms in total. The summed E-state index contributed by atoms with van der Waals surface area (Å²) in [5, 5.41) is 19.1. The number of allylic oxidation sites excluding steroid dienone is 1. The summed E-state index contributed by atoms with van der Waals surface area (Å²) in [6, 6.07) is 15.4. The van der Waals surface area contributed by atoms with Crippen molar-refractivity contribution in [3.05, 3.63) is 119 Å². The van der Waals surface area contributed by atoms with E-state index in [1.807, 2.05) is 13.0 Å². The van der Waals surface area contributed by atoms with E-state index in [2.05, 4.69) is 15.8 Å². The number of ether oxygens (including phenoxy) is 1. The maximum absolute atomic E-state index is 15.5. The number of nitrogens with zero attached hydrogens (tertiary/aromatic N) is 1. The molecular formula is C37H34F3N3O7. The van der Waals surface area contributed by atoms with Gasteiger partial charge in [-0.25, -0.2) is 22.8 Å². The Morgan fingerprint density at radius 1 is 0.940 bits per heavy atom. The lowest BCUT2D eigenvalue weighted by Gasteiger charge is -2.19. The van der Waals surface area contributed by atoms with Crippen LogP contribution in [-0.2, 0) is 20.8 Å². The third-order valence-corrected chi connectivity index (χ3v) is 7.57. The molecule has 0 bridgehead atoms. The minimum Gasteiger partial charge on any atom is -0.480 e. The summed E-state index contributed by atoms with van der Waals surface area (Å²) in [4.78, 5) is 42.6. The quantitative estimate of drug-likeness (QED) is 0.162. The summed E-state index contributed by atoms with van der Waals surface area (Å²) in [5.74, 6) is -4.99. The van der Waals surface area contributed by atoms with Gasteiger partial charge in [-0.05, 0) is 106 Å². The maximum Gasteiger partial charge on any atom is 0.412 e. The highest BCUT2D eigenvalue weighted by Crippen LogP contribution is 2.28. The number of halogens is 3. The molecule has 1 aromatic heterocycles. The van der Waals surface area contributed by atoms with E-state index in [1.54, 1.807) is 51.1 Å². The number of benzene rings is 3. The number of rotatable bonds is 9. The van der Waals surface area contributed by atoms with Gasteiger partial charge in [0.2, 0.25) is 0 Å². The zero-order valence-electron chi connectivity index (χ0n) is 27.6. The van der Waals surface area contributed by atoms with Gasteiger partial charge in [0.15, 0.2) is 23.2 Å². The second-order valence-electron chi connectivity index (χ2n) is 12.7. The van der Waals surface area contributed by atoms with E-state index in [9.17, 15) is 28.3 Å². The number of furan rings is 1. The number of hydrogen-bond donors (Lipinski definition) is 3. The Kier molecular flexibility index (Phi) is 10.4. The van der Waals surface area contributed by atoms with E-state index in [0.29, 0.717) is 34.7 Å². The molecule has 3 N–H and O–H groups in total. The van der Waals surface area contributed by atoms with Crippen molar-refractivity contribution in [2.75, 3.05) is 5.32 Å². The first-order chi connectivity index (χ1) is 23.7. The molecule has 2 heterocycles. The SMILES string of the molecule is CC1CC=C(c2ccc(NC(=O)OC(C)(C)C)cc2)ON=C1c1ccc(CC(NC(=O)c2ccc(-c3ccc(F)c(F)c3)o2)C(=O)O)cc1F. The summed E-state index contributed by atoms with van der Waals surface area (Å²) in [5.41, 5.74) is 1.56. The number of carbonyl (C=O) groups is 3. The van der Waals surface area contributed by atoms with E-state index in [1.165, 1.54) is 30.3 Å². The van der Waals surface area contributed by atoms with Crippen molar-refractivity contribution in [3.8, 4) is 11.3 Å². The van der Waals surface area contributed by atoms with Crippen LogP contribution in [0.15, 0.2) is 88.4 Å².